The zero-order valence-corrected chi connectivity index (χ0v) is 14.4. The van der Waals surface area contributed by atoms with Crippen LogP contribution in [0.4, 0.5) is 5.69 Å². The number of ether oxygens (including phenoxy) is 1. The number of anilines is 1. The average molecular weight is 323 g/mol. The van der Waals surface area contributed by atoms with Gasteiger partial charge < -0.3 is 10.5 Å². The molecule has 2 N–H and O–H groups in total. The number of nitrogens with two attached hydrogens (primary N) is 1. The number of unbranched alkanes of at least 4 members (excludes halogenated alkanes) is 2. The lowest BCUT2D eigenvalue weighted by Gasteiger charge is -2.06. The van der Waals surface area contributed by atoms with Crippen molar-refractivity contribution in [3.63, 3.8) is 0 Å². The van der Waals surface area contributed by atoms with Gasteiger partial charge in [-0.25, -0.2) is 0 Å². The first kappa shape index (κ1) is 17.8. The molecule has 3 nitrogen and oxygen atoms in total. The summed E-state index contributed by atoms with van der Waals surface area (Å²) in [7, 11) is 0. The molecule has 0 atom stereocenters. The number of allylic oxidation sites excluding steroid dienone is 1. The Morgan fingerprint density at radius 3 is 2.33 bits per heavy atom. The number of hydrogen-bond donors (Lipinski definition) is 1. The van der Waals surface area contributed by atoms with Crippen LogP contribution < -0.4 is 10.5 Å². The second kappa shape index (κ2) is 8.92. The maximum Gasteiger partial charge on any atom is 0.188 e. The lowest BCUT2D eigenvalue weighted by atomic mass is 10.0. The van der Waals surface area contributed by atoms with Gasteiger partial charge in [0.05, 0.1) is 6.61 Å². The second-order valence-electron chi connectivity index (χ2n) is 5.90. The minimum absolute atomic E-state index is 0.00916. The normalized spacial score (nSPS) is 11.3. The zero-order valence-electron chi connectivity index (χ0n) is 14.4. The van der Waals surface area contributed by atoms with E-state index in [0.29, 0.717) is 16.8 Å². The Balaban J connectivity index is 1.99. The Kier molecular flexibility index (Phi) is 6.62. The maximum atomic E-state index is 12.4. The Bertz CT molecular complexity index is 685. The number of nitrogen functional groups attached to an aromatic ring is 1. The quantitative estimate of drug-likeness (QED) is 0.317. The molecule has 0 aliphatic rings. The van der Waals surface area contributed by atoms with Crippen LogP contribution in [0.25, 0.3) is 6.08 Å². The molecule has 0 spiro atoms. The Morgan fingerprint density at radius 1 is 1.04 bits per heavy atom. The third kappa shape index (κ3) is 5.27. The molecule has 24 heavy (non-hydrogen) atoms. The van der Waals surface area contributed by atoms with E-state index in [9.17, 15) is 4.79 Å². The summed E-state index contributed by atoms with van der Waals surface area (Å²) >= 11 is 0. The summed E-state index contributed by atoms with van der Waals surface area (Å²) in [6.45, 7) is 4.75. The van der Waals surface area contributed by atoms with Crippen LogP contribution in [0.3, 0.4) is 0 Å². The molecule has 0 saturated heterocycles. The number of carbonyl (C=O) groups excluding carboxylic acids is 1. The van der Waals surface area contributed by atoms with E-state index in [0.717, 1.165) is 24.3 Å². The molecule has 0 aliphatic heterocycles. The Labute approximate surface area is 144 Å². The first-order chi connectivity index (χ1) is 11.6. The van der Waals surface area contributed by atoms with Crippen LogP contribution in [-0.4, -0.2) is 12.4 Å². The largest absolute Gasteiger partial charge is 0.494 e. The van der Waals surface area contributed by atoms with Crippen LogP contribution in [-0.2, 0) is 0 Å². The molecule has 2 aromatic carbocycles. The molecular formula is C21H25NO2. The summed E-state index contributed by atoms with van der Waals surface area (Å²) in [5.41, 5.74) is 8.63. The number of ketones is 1. The van der Waals surface area contributed by atoms with Crippen molar-refractivity contribution in [1.29, 1.82) is 0 Å². The van der Waals surface area contributed by atoms with Gasteiger partial charge in [0.2, 0.25) is 0 Å². The van der Waals surface area contributed by atoms with Crippen molar-refractivity contribution in [2.24, 2.45) is 0 Å². The van der Waals surface area contributed by atoms with Gasteiger partial charge in [0, 0.05) is 11.3 Å². The van der Waals surface area contributed by atoms with Gasteiger partial charge in [-0.1, -0.05) is 31.9 Å². The van der Waals surface area contributed by atoms with Crippen LogP contribution in [0.1, 0.15) is 49.0 Å². The van der Waals surface area contributed by atoms with E-state index in [1.54, 1.807) is 24.3 Å². The highest BCUT2D eigenvalue weighted by atomic mass is 16.5. The molecule has 126 valence electrons. The van der Waals surface area contributed by atoms with Crippen LogP contribution in [0.2, 0.25) is 0 Å². The molecule has 0 bridgehead atoms. The summed E-state index contributed by atoms with van der Waals surface area (Å²) < 4.78 is 5.70. The lowest BCUT2D eigenvalue weighted by molar-refractivity contribution is 0.103. The minimum atomic E-state index is 0.00916. The highest BCUT2D eigenvalue weighted by molar-refractivity contribution is 6.11. The number of rotatable bonds is 8. The van der Waals surface area contributed by atoms with Crippen molar-refractivity contribution in [2.75, 3.05) is 12.3 Å². The summed E-state index contributed by atoms with van der Waals surface area (Å²) in [6, 6.07) is 14.8. The number of Topliss-reactive ketones (excluding diaryl/α,β-unsaturated/α-hetero) is 1. The van der Waals surface area contributed by atoms with Gasteiger partial charge in [-0.05, 0) is 67.0 Å². The Hall–Kier alpha value is -2.55. The van der Waals surface area contributed by atoms with E-state index in [2.05, 4.69) is 6.92 Å². The molecule has 0 radical (unpaired) electrons. The second-order valence-corrected chi connectivity index (χ2v) is 5.90. The molecule has 0 fully saturated rings. The number of hydrogen-bond acceptors (Lipinski definition) is 3. The van der Waals surface area contributed by atoms with Crippen molar-refractivity contribution in [1.82, 2.24) is 0 Å². The lowest BCUT2D eigenvalue weighted by Crippen LogP contribution is -2.01. The molecular weight excluding hydrogens is 298 g/mol. The maximum absolute atomic E-state index is 12.4. The minimum Gasteiger partial charge on any atom is -0.494 e. The molecule has 0 aliphatic carbocycles. The fourth-order valence-corrected chi connectivity index (χ4v) is 2.38. The molecule has 0 aromatic heterocycles. The van der Waals surface area contributed by atoms with Gasteiger partial charge in [0.1, 0.15) is 5.75 Å². The van der Waals surface area contributed by atoms with Crippen LogP contribution in [0, 0.1) is 0 Å². The Morgan fingerprint density at radius 2 is 1.71 bits per heavy atom. The van der Waals surface area contributed by atoms with Crippen molar-refractivity contribution < 1.29 is 9.53 Å². The van der Waals surface area contributed by atoms with Crippen molar-refractivity contribution in [2.45, 2.75) is 33.1 Å². The third-order valence-corrected chi connectivity index (χ3v) is 3.81. The van der Waals surface area contributed by atoms with Gasteiger partial charge in [0.15, 0.2) is 5.78 Å². The fourth-order valence-electron chi connectivity index (χ4n) is 2.38. The highest BCUT2D eigenvalue weighted by Crippen LogP contribution is 2.17. The molecule has 0 saturated carbocycles. The van der Waals surface area contributed by atoms with Crippen LogP contribution >= 0.6 is 0 Å². The third-order valence-electron chi connectivity index (χ3n) is 3.81. The molecule has 0 unspecified atom stereocenters. The van der Waals surface area contributed by atoms with E-state index in [-0.39, 0.29) is 5.78 Å². The van der Waals surface area contributed by atoms with E-state index < -0.39 is 0 Å². The predicted octanol–water partition coefficient (Wildman–Crippen LogP) is 5.12. The number of carbonyl (C=O) groups is 1. The molecule has 0 heterocycles. The number of benzene rings is 2. The van der Waals surface area contributed by atoms with Gasteiger partial charge in [-0.2, -0.15) is 0 Å². The van der Waals surface area contributed by atoms with Gasteiger partial charge in [-0.3, -0.25) is 4.79 Å². The molecule has 2 aromatic rings. The van der Waals surface area contributed by atoms with Crippen molar-refractivity contribution >= 4 is 17.5 Å². The van der Waals surface area contributed by atoms with E-state index in [1.807, 2.05) is 37.3 Å². The van der Waals surface area contributed by atoms with Crippen molar-refractivity contribution in [3.05, 3.63) is 65.2 Å². The first-order valence-electron chi connectivity index (χ1n) is 8.41. The molecule has 0 amide bonds. The van der Waals surface area contributed by atoms with Gasteiger partial charge >= 0.3 is 0 Å². The monoisotopic (exact) mass is 323 g/mol. The van der Waals surface area contributed by atoms with E-state index >= 15 is 0 Å². The molecule has 3 heteroatoms. The van der Waals surface area contributed by atoms with Crippen molar-refractivity contribution in [3.8, 4) is 5.75 Å². The zero-order chi connectivity index (χ0) is 17.4. The molecule has 2 rings (SSSR count). The van der Waals surface area contributed by atoms with Gasteiger partial charge in [0.25, 0.3) is 0 Å². The predicted molar refractivity (Wildman–Crippen MR) is 100 cm³/mol. The summed E-state index contributed by atoms with van der Waals surface area (Å²) in [5.74, 6) is 0.876. The van der Waals surface area contributed by atoms with Crippen LogP contribution in [0.5, 0.6) is 5.75 Å². The first-order valence-corrected chi connectivity index (χ1v) is 8.41. The average Bonchev–Trinajstić information content (AvgIpc) is 2.60. The smallest absolute Gasteiger partial charge is 0.188 e. The standard InChI is InChI=1S/C21H25NO2/c1-3-4-5-14-24-20-12-6-17(7-13-20)15-16(2)21(23)18-8-10-19(22)11-9-18/h6-13,15H,3-5,14,22H2,1-2H3/b16-15+. The summed E-state index contributed by atoms with van der Waals surface area (Å²) in [4.78, 5) is 12.4. The van der Waals surface area contributed by atoms with Crippen LogP contribution in [0.15, 0.2) is 54.1 Å². The fraction of sp³-hybridized carbons (Fsp3) is 0.286. The highest BCUT2D eigenvalue weighted by Gasteiger charge is 2.07. The van der Waals surface area contributed by atoms with E-state index in [1.165, 1.54) is 12.8 Å². The SMILES string of the molecule is CCCCCOc1ccc(/C=C(\C)C(=O)c2ccc(N)cc2)cc1. The summed E-state index contributed by atoms with van der Waals surface area (Å²) in [6.07, 6.45) is 5.34. The summed E-state index contributed by atoms with van der Waals surface area (Å²) in [5, 5.41) is 0. The van der Waals surface area contributed by atoms with Gasteiger partial charge in [-0.15, -0.1) is 0 Å². The van der Waals surface area contributed by atoms with E-state index in [4.69, 9.17) is 10.5 Å². The topological polar surface area (TPSA) is 52.3 Å².